The lowest BCUT2D eigenvalue weighted by Crippen LogP contribution is -2.59. The van der Waals surface area contributed by atoms with E-state index in [0.29, 0.717) is 0 Å². The smallest absolute Gasteiger partial charge is 0.136 e. The Morgan fingerprint density at radius 3 is 2.41 bits per heavy atom. The van der Waals surface area contributed by atoms with Crippen molar-refractivity contribution < 1.29 is 0 Å². The summed E-state index contributed by atoms with van der Waals surface area (Å²) in [5.74, 6) is 0. The van der Waals surface area contributed by atoms with Crippen molar-refractivity contribution >= 4 is 41.6 Å². The van der Waals surface area contributed by atoms with Gasteiger partial charge < -0.3 is 4.57 Å². The average molecular weight is 347 g/mol. The van der Waals surface area contributed by atoms with Crippen molar-refractivity contribution in [3.63, 3.8) is 0 Å². The number of hydrogen-bond acceptors (Lipinski definition) is 1. The molecule has 3 rings (SSSR count). The summed E-state index contributed by atoms with van der Waals surface area (Å²) in [6, 6.07) is 16.3. The molecule has 2 aromatic carbocycles. The van der Waals surface area contributed by atoms with Crippen LogP contribution in [0.3, 0.4) is 0 Å². The molecule has 0 aliphatic carbocycles. The fraction of sp³-hybridized carbons (Fsp3) is 0.118. The zero-order valence-electron chi connectivity index (χ0n) is 12.2. The summed E-state index contributed by atoms with van der Waals surface area (Å²) in [6.45, 7) is 2.33. The molecule has 5 heteroatoms. The van der Waals surface area contributed by atoms with Gasteiger partial charge in [0.1, 0.15) is 8.07 Å². The van der Waals surface area contributed by atoms with E-state index in [1.54, 1.807) is 0 Å². The van der Waals surface area contributed by atoms with Gasteiger partial charge in [-0.25, -0.2) is 4.98 Å². The van der Waals surface area contributed by atoms with Gasteiger partial charge in [-0.05, 0) is 23.4 Å². The molecule has 0 radical (unpaired) electrons. The predicted molar refractivity (Wildman–Crippen MR) is 96.0 cm³/mol. The van der Waals surface area contributed by atoms with Crippen LogP contribution >= 0.6 is 23.2 Å². The third-order valence-corrected chi connectivity index (χ3v) is 8.98. The van der Waals surface area contributed by atoms with Crippen molar-refractivity contribution in [3.8, 4) is 0 Å². The molecule has 112 valence electrons. The van der Waals surface area contributed by atoms with Gasteiger partial charge in [0.25, 0.3) is 0 Å². The molecule has 1 aromatic heterocycles. The van der Waals surface area contributed by atoms with Crippen molar-refractivity contribution in [2.24, 2.45) is 0 Å². The monoisotopic (exact) mass is 346 g/mol. The van der Waals surface area contributed by atoms with Crippen molar-refractivity contribution in [1.82, 2.24) is 9.55 Å². The topological polar surface area (TPSA) is 17.8 Å². The van der Waals surface area contributed by atoms with E-state index in [0.717, 1.165) is 16.2 Å². The predicted octanol–water partition coefficient (Wildman–Crippen LogP) is 3.62. The van der Waals surface area contributed by atoms with Gasteiger partial charge in [-0.3, -0.25) is 0 Å². The molecule has 0 saturated heterocycles. The maximum Gasteiger partial charge on any atom is 0.136 e. The van der Waals surface area contributed by atoms with Gasteiger partial charge in [0, 0.05) is 28.6 Å². The second-order valence-corrected chi connectivity index (χ2v) is 10.5. The lowest BCUT2D eigenvalue weighted by Gasteiger charge is -2.30. The van der Waals surface area contributed by atoms with E-state index in [1.165, 1.54) is 10.4 Å². The van der Waals surface area contributed by atoms with Gasteiger partial charge in [-0.1, -0.05) is 65.3 Å². The zero-order chi connectivity index (χ0) is 15.6. The summed E-state index contributed by atoms with van der Waals surface area (Å²) in [4.78, 5) is 4.16. The minimum Gasteiger partial charge on any atom is -0.340 e. The first-order valence-corrected chi connectivity index (χ1v) is 10.5. The number of benzene rings is 2. The van der Waals surface area contributed by atoms with E-state index in [2.05, 4.69) is 40.4 Å². The van der Waals surface area contributed by atoms with Crippen LogP contribution in [0.5, 0.6) is 0 Å². The molecule has 0 aliphatic rings. The van der Waals surface area contributed by atoms with Crippen LogP contribution in [0.1, 0.15) is 0 Å². The van der Waals surface area contributed by atoms with E-state index < -0.39 is 8.07 Å². The van der Waals surface area contributed by atoms with Crippen LogP contribution in [-0.2, 0) is 6.17 Å². The minimum absolute atomic E-state index is 0.752. The van der Waals surface area contributed by atoms with Crippen LogP contribution in [0.4, 0.5) is 0 Å². The highest BCUT2D eigenvalue weighted by Crippen LogP contribution is 2.16. The first-order chi connectivity index (χ1) is 10.6. The Kier molecular flexibility index (Phi) is 4.38. The van der Waals surface area contributed by atoms with E-state index in [1.807, 2.05) is 43.0 Å². The lowest BCUT2D eigenvalue weighted by molar-refractivity contribution is 0.858. The first kappa shape index (κ1) is 15.3. The molecule has 1 heterocycles. The van der Waals surface area contributed by atoms with Crippen LogP contribution < -0.4 is 10.4 Å². The Morgan fingerprint density at radius 2 is 1.77 bits per heavy atom. The van der Waals surface area contributed by atoms with Gasteiger partial charge in [0.15, 0.2) is 0 Å². The van der Waals surface area contributed by atoms with Crippen molar-refractivity contribution in [1.29, 1.82) is 0 Å². The molecule has 0 spiro atoms. The van der Waals surface area contributed by atoms with Crippen molar-refractivity contribution in [2.45, 2.75) is 12.7 Å². The minimum atomic E-state index is -2.04. The first-order valence-electron chi connectivity index (χ1n) is 7.06. The van der Waals surface area contributed by atoms with Crippen LogP contribution in [0, 0.1) is 0 Å². The van der Waals surface area contributed by atoms with Crippen molar-refractivity contribution in [3.05, 3.63) is 77.3 Å². The molecule has 0 N–H and O–H groups in total. The normalized spacial score (nSPS) is 13.8. The molecule has 2 nitrogen and oxygen atoms in total. The molecule has 0 bridgehead atoms. The number of hydrogen-bond donors (Lipinski definition) is 0. The fourth-order valence-corrected chi connectivity index (χ4v) is 7.25. The molecule has 0 saturated carbocycles. The van der Waals surface area contributed by atoms with Crippen LogP contribution in [0.2, 0.25) is 16.6 Å². The number of aromatic nitrogens is 2. The van der Waals surface area contributed by atoms with E-state index >= 15 is 0 Å². The summed E-state index contributed by atoms with van der Waals surface area (Å²) in [5, 5.41) is 4.11. The number of imidazole rings is 1. The Morgan fingerprint density at radius 1 is 1.05 bits per heavy atom. The van der Waals surface area contributed by atoms with Gasteiger partial charge in [-0.2, -0.15) is 0 Å². The molecule has 0 fully saturated rings. The Bertz CT molecular complexity index is 757. The summed E-state index contributed by atoms with van der Waals surface area (Å²) < 4.78 is 2.13. The number of halogens is 2. The zero-order valence-corrected chi connectivity index (χ0v) is 14.7. The van der Waals surface area contributed by atoms with Crippen LogP contribution in [0.25, 0.3) is 0 Å². The summed E-state index contributed by atoms with van der Waals surface area (Å²) in [7, 11) is -2.04. The third-order valence-electron chi connectivity index (χ3n) is 4.01. The number of rotatable bonds is 4. The molecule has 0 amide bonds. The molecule has 1 unspecified atom stereocenters. The van der Waals surface area contributed by atoms with Gasteiger partial charge in [0.2, 0.25) is 0 Å². The molecule has 1 atom stereocenters. The van der Waals surface area contributed by atoms with Gasteiger partial charge in [0.05, 0.1) is 6.33 Å². The molecular weight excluding hydrogens is 331 g/mol. The lowest BCUT2D eigenvalue weighted by atomic mass is 10.4. The highest BCUT2D eigenvalue weighted by molar-refractivity contribution is 7.01. The Labute approximate surface area is 141 Å². The van der Waals surface area contributed by atoms with Gasteiger partial charge in [-0.15, -0.1) is 0 Å². The quantitative estimate of drug-likeness (QED) is 0.659. The molecule has 22 heavy (non-hydrogen) atoms. The number of nitrogens with zero attached hydrogens (tertiary/aromatic N) is 2. The summed E-state index contributed by atoms with van der Waals surface area (Å²) in [5.41, 5.74) is 0. The highest BCUT2D eigenvalue weighted by atomic mass is 35.5. The maximum atomic E-state index is 6.51. The van der Waals surface area contributed by atoms with Crippen LogP contribution in [0.15, 0.2) is 67.3 Å². The average Bonchev–Trinajstić information content (AvgIpc) is 3.01. The molecular formula is C17H16Cl2N2Si. The Hall–Kier alpha value is -1.55. The fourth-order valence-electron chi connectivity index (χ4n) is 2.80. The highest BCUT2D eigenvalue weighted by Gasteiger charge is 2.34. The van der Waals surface area contributed by atoms with Gasteiger partial charge >= 0.3 is 0 Å². The van der Waals surface area contributed by atoms with Crippen LogP contribution in [-0.4, -0.2) is 17.6 Å². The molecule has 0 aliphatic heterocycles. The van der Waals surface area contributed by atoms with E-state index in [-0.39, 0.29) is 0 Å². The second-order valence-electron chi connectivity index (χ2n) is 5.55. The largest absolute Gasteiger partial charge is 0.340 e. The van der Waals surface area contributed by atoms with Crippen molar-refractivity contribution in [2.75, 3.05) is 0 Å². The third kappa shape index (κ3) is 2.97. The second kappa shape index (κ2) is 6.29. The van der Waals surface area contributed by atoms with E-state index in [4.69, 9.17) is 23.2 Å². The maximum absolute atomic E-state index is 6.51. The standard InChI is InChI=1S/C17H16Cl2N2Si/c1-22(13-21-11-10-20-12-21,15-8-6-14(18)7-9-15)17-5-3-2-4-16(17)19/h2-12H,13H2,1H3. The summed E-state index contributed by atoms with van der Waals surface area (Å²) >= 11 is 12.6. The Balaban J connectivity index is 2.13. The summed E-state index contributed by atoms with van der Waals surface area (Å²) in [6.07, 6.45) is 6.55. The molecule has 3 aromatic rings. The SMILES string of the molecule is C[Si](Cn1ccnc1)(c1ccc(Cl)cc1)c1ccccc1Cl. The van der Waals surface area contributed by atoms with E-state index in [9.17, 15) is 0 Å².